The summed E-state index contributed by atoms with van der Waals surface area (Å²) < 4.78 is 30.0. The third kappa shape index (κ3) is 45.9. The Balaban J connectivity index is -0.000000168. The zero-order valence-corrected chi connectivity index (χ0v) is 23.1. The Hall–Kier alpha value is -0.250. The number of ether oxygens (including phenoxy) is 1. The summed E-state index contributed by atoms with van der Waals surface area (Å²) in [5.41, 5.74) is 0. The van der Waals surface area contributed by atoms with E-state index in [4.69, 9.17) is 44.0 Å². The van der Waals surface area contributed by atoms with E-state index in [1.807, 2.05) is 0 Å². The summed E-state index contributed by atoms with van der Waals surface area (Å²) in [5.74, 6) is -4.91. The zero-order valence-electron chi connectivity index (χ0n) is 18.3. The molecule has 0 unspecified atom stereocenters. The van der Waals surface area contributed by atoms with E-state index in [9.17, 15) is 19.2 Å². The van der Waals surface area contributed by atoms with Crippen LogP contribution >= 0.6 is 0 Å². The first-order chi connectivity index (χ1) is 14.3. The molecule has 0 amide bonds. The maximum atomic E-state index is 10.6. The fourth-order valence-electron chi connectivity index (χ4n) is 1.71. The molecule has 0 saturated carbocycles. The summed E-state index contributed by atoms with van der Waals surface area (Å²) in [5, 5.41) is 50.6. The minimum Gasteiger partial charge on any atom is -0.784 e. The van der Waals surface area contributed by atoms with Gasteiger partial charge in [-0.3, -0.25) is 33.2 Å². The number of carbonyl (C=O) groups is 4. The van der Waals surface area contributed by atoms with Gasteiger partial charge < -0.3 is 44.5 Å². The van der Waals surface area contributed by atoms with Gasteiger partial charge in [-0.15, -0.1) is 11.4 Å². The van der Waals surface area contributed by atoms with Crippen molar-refractivity contribution in [3.63, 3.8) is 0 Å². The van der Waals surface area contributed by atoms with E-state index in [1.54, 1.807) is 0 Å². The van der Waals surface area contributed by atoms with Crippen molar-refractivity contribution < 1.29 is 127 Å². The molecule has 16 nitrogen and oxygen atoms in total. The molecule has 184 valence electrons. The average molecular weight is 524 g/mol. The standard InChI is InChI=1S/C10H16N2O8.C4H10O3.2Na.H2O3S/c13-7(14)3-11(4-8(15)16)1-2-12(5-9(17)18)6-10(19)20;5-1-3-7-4-2-6;;;1-4(2)3/h1-6H2,(H,13,14)(H,15,16)(H,17,18)(H,19,20);5-6H,1-4H2;;;(H2,1,2,3)/q;;2*+1;/p-2. The molecule has 0 radical (unpaired) electrons. The minimum atomic E-state index is -3.11. The fourth-order valence-corrected chi connectivity index (χ4v) is 1.71. The van der Waals surface area contributed by atoms with Gasteiger partial charge in [-0.1, -0.05) is 0 Å². The normalized spacial score (nSPS) is 9.55. The first-order valence-corrected chi connectivity index (χ1v) is 9.23. The molecule has 19 heteroatoms. The van der Waals surface area contributed by atoms with Crippen molar-refractivity contribution in [2.45, 2.75) is 0 Å². The van der Waals surface area contributed by atoms with Crippen molar-refractivity contribution in [3.05, 3.63) is 0 Å². The molecule has 0 aliphatic rings. The average Bonchev–Trinajstić information content (AvgIpc) is 2.58. The van der Waals surface area contributed by atoms with Crippen LogP contribution in [0.3, 0.4) is 0 Å². The number of aliphatic hydroxyl groups excluding tert-OH is 2. The van der Waals surface area contributed by atoms with Crippen molar-refractivity contribution in [2.24, 2.45) is 0 Å². The van der Waals surface area contributed by atoms with Gasteiger partial charge in [0.25, 0.3) is 0 Å². The molecule has 0 aromatic heterocycles. The molecule has 0 spiro atoms. The van der Waals surface area contributed by atoms with Crippen LogP contribution in [0.2, 0.25) is 0 Å². The van der Waals surface area contributed by atoms with Crippen molar-refractivity contribution >= 4 is 35.2 Å². The van der Waals surface area contributed by atoms with Crippen molar-refractivity contribution in [2.75, 3.05) is 65.7 Å². The molecule has 0 fully saturated rings. The van der Waals surface area contributed by atoms with Gasteiger partial charge in [-0.05, 0) is 0 Å². The smallest absolute Gasteiger partial charge is 0.784 e. The topological polar surface area (TPSA) is 269 Å². The van der Waals surface area contributed by atoms with E-state index in [0.717, 1.165) is 9.80 Å². The maximum absolute atomic E-state index is 10.6. The molecule has 0 bridgehead atoms. The molecular weight excluding hydrogens is 498 g/mol. The Kier molecular flexibility index (Phi) is 38.7. The molecule has 6 N–H and O–H groups in total. The Morgan fingerprint density at radius 3 is 1.03 bits per heavy atom. The van der Waals surface area contributed by atoms with E-state index in [-0.39, 0.29) is 85.4 Å². The van der Waals surface area contributed by atoms with Gasteiger partial charge in [-0.25, -0.2) is 0 Å². The van der Waals surface area contributed by atoms with E-state index in [1.165, 1.54) is 0 Å². The second-order valence-corrected chi connectivity index (χ2v) is 5.67. The summed E-state index contributed by atoms with van der Waals surface area (Å²) in [7, 11) is 0. The quantitative estimate of drug-likeness (QED) is 0.0659. The summed E-state index contributed by atoms with van der Waals surface area (Å²) in [6.45, 7) is -1.55. The molecule has 0 aliphatic heterocycles. The number of nitrogens with zero attached hydrogens (tertiary/aromatic N) is 2. The van der Waals surface area contributed by atoms with Gasteiger partial charge in [-0.2, -0.15) is 0 Å². The summed E-state index contributed by atoms with van der Waals surface area (Å²) in [6, 6.07) is 0. The Morgan fingerprint density at radius 1 is 0.667 bits per heavy atom. The van der Waals surface area contributed by atoms with Gasteiger partial charge in [0.15, 0.2) is 0 Å². The maximum Gasteiger partial charge on any atom is 1.00 e. The molecule has 0 heterocycles. The summed E-state index contributed by atoms with van der Waals surface area (Å²) in [6.07, 6.45) is 0. The summed E-state index contributed by atoms with van der Waals surface area (Å²) in [4.78, 5) is 44.4. The largest absolute Gasteiger partial charge is 1.00 e. The predicted octanol–water partition coefficient (Wildman–Crippen LogP) is -10.1. The number of carboxylic acid groups (broad SMARTS) is 4. The molecule has 0 aromatic carbocycles. The summed E-state index contributed by atoms with van der Waals surface area (Å²) >= 11 is -3.11. The third-order valence-corrected chi connectivity index (χ3v) is 2.64. The molecule has 0 saturated heterocycles. The molecule has 0 aliphatic carbocycles. The molecule has 0 atom stereocenters. The van der Waals surface area contributed by atoms with Gasteiger partial charge in [0.1, 0.15) is 0 Å². The van der Waals surface area contributed by atoms with Gasteiger partial charge in [0.05, 0.1) is 52.6 Å². The first kappa shape index (κ1) is 42.9. The van der Waals surface area contributed by atoms with Crippen molar-refractivity contribution in [1.82, 2.24) is 9.80 Å². The number of hydrogen-bond donors (Lipinski definition) is 6. The van der Waals surface area contributed by atoms with Crippen LogP contribution in [0.5, 0.6) is 0 Å². The minimum absolute atomic E-state index is 0. The second kappa shape index (κ2) is 29.8. The Labute approximate surface area is 236 Å². The van der Waals surface area contributed by atoms with Gasteiger partial charge in [0, 0.05) is 13.1 Å². The van der Waals surface area contributed by atoms with E-state index >= 15 is 0 Å². The SMILES string of the molecule is O=C(O)CN(CCN(CC(=O)O)CC(=O)O)CC(=O)O.O=S([O-])[O-].OCCOCCO.[Na+].[Na+]. The number of hydrogen-bond acceptors (Lipinski definition) is 12. The van der Waals surface area contributed by atoms with Crippen LogP contribution in [0, 0.1) is 0 Å². The van der Waals surface area contributed by atoms with Crippen LogP contribution in [0.15, 0.2) is 0 Å². The molecular formula is C14H26N2Na2O14S. The Morgan fingerprint density at radius 2 is 0.879 bits per heavy atom. The van der Waals surface area contributed by atoms with Crippen LogP contribution in [0.1, 0.15) is 0 Å². The predicted molar refractivity (Wildman–Crippen MR) is 98.1 cm³/mol. The van der Waals surface area contributed by atoms with Gasteiger partial charge in [0.2, 0.25) is 0 Å². The van der Waals surface area contributed by atoms with Crippen LogP contribution < -0.4 is 59.1 Å². The number of rotatable bonds is 15. The van der Waals surface area contributed by atoms with Crippen LogP contribution in [0.25, 0.3) is 0 Å². The van der Waals surface area contributed by atoms with E-state index in [0.29, 0.717) is 13.2 Å². The van der Waals surface area contributed by atoms with E-state index in [2.05, 4.69) is 4.74 Å². The number of aliphatic hydroxyl groups is 2. The molecule has 33 heavy (non-hydrogen) atoms. The van der Waals surface area contributed by atoms with Crippen LogP contribution in [0.4, 0.5) is 0 Å². The monoisotopic (exact) mass is 524 g/mol. The fraction of sp³-hybridized carbons (Fsp3) is 0.714. The first-order valence-electron chi connectivity index (χ1n) is 8.23. The van der Waals surface area contributed by atoms with Gasteiger partial charge >= 0.3 is 83.0 Å². The zero-order chi connectivity index (χ0) is 24.8. The number of carboxylic acids is 4. The number of aliphatic carboxylic acids is 4. The second-order valence-electron chi connectivity index (χ2n) is 5.26. The van der Waals surface area contributed by atoms with Crippen LogP contribution in [-0.2, 0) is 35.3 Å². The molecule has 0 aromatic rings. The molecule has 0 rings (SSSR count). The van der Waals surface area contributed by atoms with Crippen LogP contribution in [-0.4, -0.2) is 143 Å². The van der Waals surface area contributed by atoms with Crippen molar-refractivity contribution in [3.8, 4) is 0 Å². The van der Waals surface area contributed by atoms with Crippen molar-refractivity contribution in [1.29, 1.82) is 0 Å². The van der Waals surface area contributed by atoms with E-state index < -0.39 is 61.4 Å². The third-order valence-electron chi connectivity index (χ3n) is 2.64. The Bertz CT molecular complexity index is 482.